The molecular formula is C19H25F2N3O4. The third kappa shape index (κ3) is 4.25. The van der Waals surface area contributed by atoms with Gasteiger partial charge in [-0.2, -0.15) is 8.78 Å². The molecule has 1 aromatic rings. The highest BCUT2D eigenvalue weighted by atomic mass is 19.3. The molecule has 0 bridgehead atoms. The van der Waals surface area contributed by atoms with Crippen LogP contribution in [-0.2, 0) is 9.53 Å². The van der Waals surface area contributed by atoms with Gasteiger partial charge in [0, 0.05) is 33.3 Å². The number of piperidine rings is 1. The summed E-state index contributed by atoms with van der Waals surface area (Å²) in [6.45, 7) is -0.157. The Hall–Kier alpha value is -2.26. The van der Waals surface area contributed by atoms with Crippen LogP contribution in [0.3, 0.4) is 0 Å². The highest BCUT2D eigenvalue weighted by molar-refractivity contribution is 5.97. The van der Waals surface area contributed by atoms with Crippen LogP contribution in [0.4, 0.5) is 8.78 Å². The van der Waals surface area contributed by atoms with Crippen LogP contribution in [0, 0.1) is 0 Å². The Morgan fingerprint density at radius 2 is 1.68 bits per heavy atom. The van der Waals surface area contributed by atoms with Crippen LogP contribution in [0.15, 0.2) is 24.3 Å². The molecule has 9 heteroatoms. The first-order valence-corrected chi connectivity index (χ1v) is 9.35. The minimum absolute atomic E-state index is 0.0509. The molecule has 0 atom stereocenters. The first-order valence-electron chi connectivity index (χ1n) is 9.35. The molecule has 0 aromatic heterocycles. The summed E-state index contributed by atoms with van der Waals surface area (Å²) in [4.78, 5) is 29.0. The van der Waals surface area contributed by atoms with E-state index in [0.29, 0.717) is 39.0 Å². The van der Waals surface area contributed by atoms with Crippen molar-refractivity contribution in [3.05, 3.63) is 29.8 Å². The zero-order valence-corrected chi connectivity index (χ0v) is 15.8. The molecule has 2 aliphatic heterocycles. The number of piperazine rings is 1. The van der Waals surface area contributed by atoms with Crippen molar-refractivity contribution in [2.24, 2.45) is 0 Å². The lowest BCUT2D eigenvalue weighted by molar-refractivity contribution is -0.159. The number of hydrogen-bond acceptors (Lipinski definition) is 5. The summed E-state index contributed by atoms with van der Waals surface area (Å²) in [5, 5.41) is 3.22. The zero-order chi connectivity index (χ0) is 20.1. The van der Waals surface area contributed by atoms with Crippen molar-refractivity contribution in [3.8, 4) is 5.75 Å². The fourth-order valence-electron chi connectivity index (χ4n) is 3.75. The first-order chi connectivity index (χ1) is 13.5. The highest BCUT2D eigenvalue weighted by Crippen LogP contribution is 2.27. The quantitative estimate of drug-likeness (QED) is 0.812. The van der Waals surface area contributed by atoms with Gasteiger partial charge in [0.1, 0.15) is 11.4 Å². The molecule has 2 amide bonds. The maximum Gasteiger partial charge on any atom is 0.387 e. The van der Waals surface area contributed by atoms with Gasteiger partial charge >= 0.3 is 6.61 Å². The Kier molecular flexibility index (Phi) is 6.46. The number of carbonyl (C=O) groups excluding carboxylic acids is 2. The van der Waals surface area contributed by atoms with Crippen molar-refractivity contribution in [1.29, 1.82) is 0 Å². The van der Waals surface area contributed by atoms with Crippen LogP contribution in [0.1, 0.15) is 23.2 Å². The smallest absolute Gasteiger partial charge is 0.387 e. The Balaban J connectivity index is 1.64. The van der Waals surface area contributed by atoms with E-state index >= 15 is 0 Å². The second-order valence-corrected chi connectivity index (χ2v) is 6.91. The van der Waals surface area contributed by atoms with Crippen LogP contribution in [0.25, 0.3) is 0 Å². The first kappa shape index (κ1) is 20.5. The van der Waals surface area contributed by atoms with E-state index in [2.05, 4.69) is 10.1 Å². The lowest BCUT2D eigenvalue weighted by Crippen LogP contribution is -2.59. The molecule has 1 N–H and O–H groups in total. The summed E-state index contributed by atoms with van der Waals surface area (Å²) in [6.07, 6.45) is 1.22. The second kappa shape index (κ2) is 8.83. The van der Waals surface area contributed by atoms with Crippen LogP contribution >= 0.6 is 0 Å². The summed E-state index contributed by atoms with van der Waals surface area (Å²) < 4.78 is 35.2. The third-order valence-corrected chi connectivity index (χ3v) is 5.38. The minimum Gasteiger partial charge on any atom is -0.434 e. The fourth-order valence-corrected chi connectivity index (χ4v) is 3.75. The molecule has 0 aliphatic carbocycles. The molecule has 0 saturated carbocycles. The van der Waals surface area contributed by atoms with Crippen molar-refractivity contribution in [2.45, 2.75) is 25.1 Å². The van der Waals surface area contributed by atoms with Crippen LogP contribution in [0.5, 0.6) is 5.75 Å². The molecule has 1 aromatic carbocycles. The van der Waals surface area contributed by atoms with Crippen molar-refractivity contribution in [3.63, 3.8) is 0 Å². The molecule has 3 rings (SSSR count). The number of nitrogens with one attached hydrogen (secondary N) is 1. The van der Waals surface area contributed by atoms with Gasteiger partial charge in [0.05, 0.1) is 5.56 Å². The standard InChI is InChI=1S/C19H25F2N3O4/c1-27-19(6-8-22-9-7-19)17(26)24-12-10-23(11-13-24)16(25)14-4-2-3-5-15(14)28-18(20)21/h2-5,18,22H,6-13H2,1H3. The van der Waals surface area contributed by atoms with Gasteiger partial charge in [-0.1, -0.05) is 12.1 Å². The van der Waals surface area contributed by atoms with Crippen LogP contribution < -0.4 is 10.1 Å². The van der Waals surface area contributed by atoms with Gasteiger partial charge in [0.15, 0.2) is 0 Å². The van der Waals surface area contributed by atoms with E-state index in [0.717, 1.165) is 13.1 Å². The molecule has 154 valence electrons. The molecule has 7 nitrogen and oxygen atoms in total. The maximum absolute atomic E-state index is 13.0. The summed E-state index contributed by atoms with van der Waals surface area (Å²) in [5.74, 6) is -0.578. The Morgan fingerprint density at radius 3 is 2.29 bits per heavy atom. The number of ether oxygens (including phenoxy) is 2. The lowest BCUT2D eigenvalue weighted by Gasteiger charge is -2.42. The fraction of sp³-hybridized carbons (Fsp3) is 0.579. The number of carbonyl (C=O) groups is 2. The van der Waals surface area contributed by atoms with Crippen molar-refractivity contribution >= 4 is 11.8 Å². The number of benzene rings is 1. The average molecular weight is 397 g/mol. The van der Waals surface area contributed by atoms with Gasteiger partial charge in [-0.3, -0.25) is 9.59 Å². The monoisotopic (exact) mass is 397 g/mol. The van der Waals surface area contributed by atoms with E-state index in [1.807, 2.05) is 0 Å². The van der Waals surface area contributed by atoms with E-state index in [1.54, 1.807) is 23.0 Å². The zero-order valence-electron chi connectivity index (χ0n) is 15.8. The Labute approximate surface area is 162 Å². The van der Waals surface area contributed by atoms with Crippen molar-refractivity contribution < 1.29 is 27.8 Å². The van der Waals surface area contributed by atoms with E-state index < -0.39 is 12.2 Å². The minimum atomic E-state index is -3.00. The number of rotatable bonds is 5. The number of amides is 2. The van der Waals surface area contributed by atoms with Gasteiger partial charge in [0.25, 0.3) is 11.8 Å². The molecule has 0 spiro atoms. The van der Waals surface area contributed by atoms with Crippen LogP contribution in [0.2, 0.25) is 0 Å². The van der Waals surface area contributed by atoms with E-state index in [-0.39, 0.29) is 23.1 Å². The molecule has 2 heterocycles. The molecule has 0 unspecified atom stereocenters. The lowest BCUT2D eigenvalue weighted by atomic mass is 9.90. The largest absolute Gasteiger partial charge is 0.434 e. The van der Waals surface area contributed by atoms with E-state index in [9.17, 15) is 18.4 Å². The van der Waals surface area contributed by atoms with E-state index in [4.69, 9.17) is 4.74 Å². The van der Waals surface area contributed by atoms with Gasteiger partial charge < -0.3 is 24.6 Å². The predicted octanol–water partition coefficient (Wildman–Crippen LogP) is 1.34. The summed E-state index contributed by atoms with van der Waals surface area (Å²) in [6, 6.07) is 5.95. The van der Waals surface area contributed by atoms with Gasteiger partial charge in [-0.15, -0.1) is 0 Å². The summed E-state index contributed by atoms with van der Waals surface area (Å²) >= 11 is 0. The number of nitrogens with zero attached hydrogens (tertiary/aromatic N) is 2. The summed E-state index contributed by atoms with van der Waals surface area (Å²) in [5.41, 5.74) is -0.718. The van der Waals surface area contributed by atoms with Crippen molar-refractivity contribution in [1.82, 2.24) is 15.1 Å². The molecule has 28 heavy (non-hydrogen) atoms. The number of methoxy groups -OCH3 is 1. The highest BCUT2D eigenvalue weighted by Gasteiger charge is 2.43. The molecule has 2 fully saturated rings. The molecular weight excluding hydrogens is 372 g/mol. The molecule has 2 aliphatic rings. The Bertz CT molecular complexity index is 702. The van der Waals surface area contributed by atoms with Gasteiger partial charge in [0.2, 0.25) is 0 Å². The van der Waals surface area contributed by atoms with Gasteiger partial charge in [-0.25, -0.2) is 0 Å². The SMILES string of the molecule is COC1(C(=O)N2CCN(C(=O)c3ccccc3OC(F)F)CC2)CCNCC1. The number of hydrogen-bond donors (Lipinski definition) is 1. The molecule has 2 saturated heterocycles. The normalized spacial score (nSPS) is 19.6. The van der Waals surface area contributed by atoms with Gasteiger partial charge in [-0.05, 0) is 38.1 Å². The number of para-hydroxylation sites is 1. The number of halogens is 2. The van der Waals surface area contributed by atoms with Crippen LogP contribution in [-0.4, -0.2) is 80.2 Å². The topological polar surface area (TPSA) is 71.1 Å². The Morgan fingerprint density at radius 1 is 1.07 bits per heavy atom. The maximum atomic E-state index is 13.0. The number of alkyl halides is 2. The van der Waals surface area contributed by atoms with Crippen molar-refractivity contribution in [2.75, 3.05) is 46.4 Å². The third-order valence-electron chi connectivity index (χ3n) is 5.38. The molecule has 0 radical (unpaired) electrons. The summed E-state index contributed by atoms with van der Waals surface area (Å²) in [7, 11) is 1.56. The average Bonchev–Trinajstić information content (AvgIpc) is 2.73. The van der Waals surface area contributed by atoms with E-state index in [1.165, 1.54) is 18.2 Å². The predicted molar refractivity (Wildman–Crippen MR) is 97.4 cm³/mol. The second-order valence-electron chi connectivity index (χ2n) is 6.91.